The normalized spacial score (nSPS) is 21.0. The molecule has 6 nitrogen and oxygen atoms in total. The summed E-state index contributed by atoms with van der Waals surface area (Å²) in [6.45, 7) is 4.58. The van der Waals surface area contributed by atoms with Crippen LogP contribution in [0.15, 0.2) is 36.4 Å². The maximum atomic E-state index is 12.5. The van der Waals surface area contributed by atoms with E-state index in [-0.39, 0.29) is 18.1 Å². The third-order valence-electron chi connectivity index (χ3n) is 6.04. The molecule has 32 heavy (non-hydrogen) atoms. The van der Waals surface area contributed by atoms with Crippen LogP contribution in [-0.4, -0.2) is 62.8 Å². The third-order valence-corrected chi connectivity index (χ3v) is 6.78. The molecule has 8 heteroatoms. The zero-order chi connectivity index (χ0) is 22.5. The monoisotopic (exact) mass is 477 g/mol. The zero-order valence-electron chi connectivity index (χ0n) is 18.2. The number of hydrogen-bond acceptors (Lipinski definition) is 5. The number of hydrogen-bond donors (Lipinski definition) is 2. The van der Waals surface area contributed by atoms with Crippen molar-refractivity contribution < 1.29 is 14.3 Å². The van der Waals surface area contributed by atoms with E-state index in [9.17, 15) is 4.79 Å². The molecule has 2 fully saturated rings. The number of carbonyl (C=O) groups excluding carboxylic acids is 1. The summed E-state index contributed by atoms with van der Waals surface area (Å²) in [5.41, 5.74) is 1.75. The van der Waals surface area contributed by atoms with E-state index >= 15 is 0 Å². The molecule has 2 atom stereocenters. The Labute approximate surface area is 199 Å². The van der Waals surface area contributed by atoms with Gasteiger partial charge < -0.3 is 25.0 Å². The van der Waals surface area contributed by atoms with E-state index in [0.717, 1.165) is 63.5 Å². The lowest BCUT2D eigenvalue weighted by Crippen LogP contribution is -2.37. The molecule has 172 valence electrons. The van der Waals surface area contributed by atoms with Crippen molar-refractivity contribution in [2.24, 2.45) is 0 Å². The molecule has 2 aromatic carbocycles. The summed E-state index contributed by atoms with van der Waals surface area (Å²) < 4.78 is 11.6. The number of halogens is 2. The molecule has 0 radical (unpaired) electrons. The van der Waals surface area contributed by atoms with Gasteiger partial charge in [-0.15, -0.1) is 0 Å². The molecule has 0 spiro atoms. The summed E-state index contributed by atoms with van der Waals surface area (Å²) in [4.78, 5) is 14.9. The Morgan fingerprint density at radius 3 is 2.78 bits per heavy atom. The fourth-order valence-electron chi connectivity index (χ4n) is 4.22. The lowest BCUT2D eigenvalue weighted by molar-refractivity contribution is 0.0938. The van der Waals surface area contributed by atoms with Crippen LogP contribution < -0.4 is 20.1 Å². The van der Waals surface area contributed by atoms with Crippen LogP contribution in [0.5, 0.6) is 11.5 Å². The third kappa shape index (κ3) is 5.87. The first-order valence-corrected chi connectivity index (χ1v) is 11.8. The first-order chi connectivity index (χ1) is 15.5. The van der Waals surface area contributed by atoms with Crippen molar-refractivity contribution in [3.8, 4) is 11.5 Å². The van der Waals surface area contributed by atoms with Gasteiger partial charge in [0, 0.05) is 37.8 Å². The van der Waals surface area contributed by atoms with Gasteiger partial charge in [-0.25, -0.2) is 0 Å². The van der Waals surface area contributed by atoms with Crippen LogP contribution in [0.2, 0.25) is 10.0 Å². The molecule has 2 unspecified atom stereocenters. The van der Waals surface area contributed by atoms with Gasteiger partial charge in [-0.1, -0.05) is 29.3 Å². The summed E-state index contributed by atoms with van der Waals surface area (Å²) in [5.74, 6) is 1.47. The van der Waals surface area contributed by atoms with Gasteiger partial charge in [0.05, 0.1) is 17.2 Å². The fraction of sp³-hybridized carbons (Fsp3) is 0.458. The number of amides is 1. The zero-order valence-corrected chi connectivity index (χ0v) is 19.7. The molecule has 0 bridgehead atoms. The maximum absolute atomic E-state index is 12.5. The van der Waals surface area contributed by atoms with Gasteiger partial charge in [0.15, 0.2) is 11.5 Å². The Balaban J connectivity index is 1.28. The van der Waals surface area contributed by atoms with Gasteiger partial charge in [0.25, 0.3) is 5.91 Å². The van der Waals surface area contributed by atoms with Crippen molar-refractivity contribution in [1.82, 2.24) is 15.5 Å². The molecule has 2 saturated heterocycles. The highest BCUT2D eigenvalue weighted by Crippen LogP contribution is 2.30. The Morgan fingerprint density at radius 2 is 2.03 bits per heavy atom. The molecule has 0 saturated carbocycles. The lowest BCUT2D eigenvalue weighted by Gasteiger charge is -2.19. The number of likely N-dealkylation sites (tertiary alicyclic amines) is 1. The van der Waals surface area contributed by atoms with Crippen LogP contribution >= 0.6 is 23.2 Å². The second-order valence-corrected chi connectivity index (χ2v) is 9.17. The van der Waals surface area contributed by atoms with E-state index in [1.54, 1.807) is 25.3 Å². The maximum Gasteiger partial charge on any atom is 0.251 e. The summed E-state index contributed by atoms with van der Waals surface area (Å²) in [6, 6.07) is 11.3. The predicted molar refractivity (Wildman–Crippen MR) is 127 cm³/mol. The van der Waals surface area contributed by atoms with Crippen LogP contribution in [-0.2, 0) is 6.42 Å². The Kier molecular flexibility index (Phi) is 7.79. The van der Waals surface area contributed by atoms with Crippen LogP contribution in [0.3, 0.4) is 0 Å². The molecule has 0 aromatic heterocycles. The minimum atomic E-state index is -0.117. The summed E-state index contributed by atoms with van der Waals surface area (Å²) in [7, 11) is 1.67. The van der Waals surface area contributed by atoms with Gasteiger partial charge in [-0.2, -0.15) is 0 Å². The highest BCUT2D eigenvalue weighted by atomic mass is 35.5. The smallest absolute Gasteiger partial charge is 0.251 e. The summed E-state index contributed by atoms with van der Waals surface area (Å²) in [6.07, 6.45) is 3.05. The summed E-state index contributed by atoms with van der Waals surface area (Å²) >= 11 is 12.0. The quantitative estimate of drug-likeness (QED) is 0.605. The van der Waals surface area contributed by atoms with Crippen molar-refractivity contribution in [3.63, 3.8) is 0 Å². The molecule has 1 amide bonds. The second-order valence-electron chi connectivity index (χ2n) is 8.36. The van der Waals surface area contributed by atoms with E-state index in [2.05, 4.69) is 27.7 Å². The number of nitrogens with one attached hydrogen (secondary N) is 2. The molecule has 0 aliphatic carbocycles. The Bertz CT molecular complexity index is 950. The number of ether oxygens (including phenoxy) is 2. The molecule has 2 aliphatic heterocycles. The molecule has 2 aromatic rings. The minimum absolute atomic E-state index is 0.117. The molecular weight excluding hydrogens is 449 g/mol. The highest BCUT2D eigenvalue weighted by Gasteiger charge is 2.24. The van der Waals surface area contributed by atoms with Gasteiger partial charge in [-0.05, 0) is 61.7 Å². The second kappa shape index (κ2) is 10.8. The van der Waals surface area contributed by atoms with Crippen molar-refractivity contribution in [2.75, 3.05) is 39.8 Å². The molecule has 2 aliphatic rings. The van der Waals surface area contributed by atoms with Gasteiger partial charge >= 0.3 is 0 Å². The lowest BCUT2D eigenvalue weighted by atomic mass is 10.1. The van der Waals surface area contributed by atoms with Gasteiger partial charge in [-0.3, -0.25) is 4.79 Å². The topological polar surface area (TPSA) is 62.8 Å². The van der Waals surface area contributed by atoms with Crippen molar-refractivity contribution in [2.45, 2.75) is 31.4 Å². The van der Waals surface area contributed by atoms with E-state index in [1.807, 2.05) is 6.07 Å². The van der Waals surface area contributed by atoms with Crippen LogP contribution in [0, 0.1) is 0 Å². The Hall–Kier alpha value is -1.99. The van der Waals surface area contributed by atoms with E-state index < -0.39 is 0 Å². The van der Waals surface area contributed by atoms with E-state index in [4.69, 9.17) is 32.7 Å². The van der Waals surface area contributed by atoms with Crippen LogP contribution in [0.4, 0.5) is 0 Å². The van der Waals surface area contributed by atoms with Crippen molar-refractivity contribution in [3.05, 3.63) is 57.6 Å². The summed E-state index contributed by atoms with van der Waals surface area (Å²) in [5, 5.41) is 7.27. The molecule has 4 rings (SSSR count). The average Bonchev–Trinajstić information content (AvgIpc) is 3.46. The first-order valence-electron chi connectivity index (χ1n) is 11.0. The molecular formula is C24H29Cl2N3O3. The predicted octanol–water partition coefficient (Wildman–Crippen LogP) is 3.79. The number of rotatable bonds is 8. The minimum Gasteiger partial charge on any atom is -0.493 e. The highest BCUT2D eigenvalue weighted by molar-refractivity contribution is 6.42. The molecule has 2 N–H and O–H groups in total. The fourth-order valence-corrected chi connectivity index (χ4v) is 4.52. The Morgan fingerprint density at radius 1 is 1.16 bits per heavy atom. The van der Waals surface area contributed by atoms with Crippen molar-refractivity contribution >= 4 is 29.1 Å². The number of carbonyl (C=O) groups is 1. The number of nitrogens with zero attached hydrogens (tertiary/aromatic N) is 1. The standard InChI is InChI=1S/C24H29Cl2N3O3/c1-31-22-5-2-16(12-23(22)32-19-6-9-27-14-19)7-10-29-11-8-18(15-29)28-24(30)17-3-4-20(25)21(26)13-17/h2-5,12-13,18-19,27H,6-11,14-15H2,1H3,(H,28,30). The van der Waals surface area contributed by atoms with Crippen molar-refractivity contribution in [1.29, 1.82) is 0 Å². The SMILES string of the molecule is COc1ccc(CCN2CCC(NC(=O)c3ccc(Cl)c(Cl)c3)C2)cc1OC1CCNC1. The van der Waals surface area contributed by atoms with Crippen LogP contribution in [0.25, 0.3) is 0 Å². The average molecular weight is 478 g/mol. The van der Waals surface area contributed by atoms with E-state index in [0.29, 0.717) is 15.6 Å². The largest absolute Gasteiger partial charge is 0.493 e. The number of benzene rings is 2. The van der Waals surface area contributed by atoms with E-state index in [1.165, 1.54) is 5.56 Å². The van der Waals surface area contributed by atoms with Gasteiger partial charge in [0.1, 0.15) is 6.10 Å². The molecule has 2 heterocycles. The first kappa shape index (κ1) is 23.2. The van der Waals surface area contributed by atoms with Crippen LogP contribution in [0.1, 0.15) is 28.8 Å². The number of methoxy groups -OCH3 is 1. The van der Waals surface area contributed by atoms with Gasteiger partial charge in [0.2, 0.25) is 0 Å².